The molecule has 2 aliphatic rings. The number of anilines is 2. The Labute approximate surface area is 234 Å². The average Bonchev–Trinajstić information content (AvgIpc) is 3.46. The number of hydrogen-bond donors (Lipinski definition) is 1. The molecule has 0 saturated carbocycles. The Hall–Kier alpha value is -3.86. The van der Waals surface area contributed by atoms with Crippen LogP contribution >= 0.6 is 0 Å². The van der Waals surface area contributed by atoms with E-state index in [1.165, 1.54) is 0 Å². The van der Waals surface area contributed by atoms with E-state index in [1.54, 1.807) is 24.2 Å². The molecule has 0 aromatic carbocycles. The van der Waals surface area contributed by atoms with Crippen molar-refractivity contribution < 1.29 is 14.4 Å². The van der Waals surface area contributed by atoms with E-state index < -0.39 is 0 Å². The summed E-state index contributed by atoms with van der Waals surface area (Å²) in [4.78, 5) is 45.3. The van der Waals surface area contributed by atoms with E-state index in [2.05, 4.69) is 54.1 Å². The van der Waals surface area contributed by atoms with Gasteiger partial charge in [0.15, 0.2) is 12.1 Å². The summed E-state index contributed by atoms with van der Waals surface area (Å²) in [7, 11) is 1.60. The minimum Gasteiger partial charge on any atom is -0.359 e. The maximum Gasteiger partial charge on any atom is 0.221 e. The highest BCUT2D eigenvalue weighted by Crippen LogP contribution is 2.34. The molecule has 2 saturated heterocycles. The van der Waals surface area contributed by atoms with Crippen LogP contribution < -0.4 is 15.1 Å². The first-order valence-electron chi connectivity index (χ1n) is 14.2. The lowest BCUT2D eigenvalue weighted by atomic mass is 9.88. The molecule has 2 amide bonds. The zero-order chi connectivity index (χ0) is 28.1. The third kappa shape index (κ3) is 5.84. The summed E-state index contributed by atoms with van der Waals surface area (Å²) in [5.74, 6) is 1.38. The van der Waals surface area contributed by atoms with E-state index in [0.29, 0.717) is 30.2 Å². The van der Waals surface area contributed by atoms with Gasteiger partial charge < -0.3 is 24.6 Å². The Morgan fingerprint density at radius 1 is 1.07 bits per heavy atom. The summed E-state index contributed by atoms with van der Waals surface area (Å²) in [5, 5.41) is 11.8. The number of hydrogen-bond acceptors (Lipinski definition) is 8. The Morgan fingerprint density at radius 3 is 2.50 bits per heavy atom. The molecule has 11 nitrogen and oxygen atoms in total. The number of pyridine rings is 1. The Balaban J connectivity index is 1.17. The van der Waals surface area contributed by atoms with Crippen LogP contribution in [-0.4, -0.2) is 89.1 Å². The lowest BCUT2D eigenvalue weighted by Crippen LogP contribution is -2.47. The van der Waals surface area contributed by atoms with Gasteiger partial charge >= 0.3 is 0 Å². The van der Waals surface area contributed by atoms with Gasteiger partial charge in [-0.3, -0.25) is 19.4 Å². The van der Waals surface area contributed by atoms with Crippen LogP contribution in [0.4, 0.5) is 11.5 Å². The second-order valence-electron chi connectivity index (χ2n) is 10.8. The van der Waals surface area contributed by atoms with E-state index >= 15 is 0 Å². The van der Waals surface area contributed by atoms with E-state index in [4.69, 9.17) is 0 Å². The van der Waals surface area contributed by atoms with Crippen molar-refractivity contribution in [2.75, 3.05) is 49.6 Å². The molecular weight excluding hydrogens is 508 g/mol. The maximum atomic E-state index is 11.8. The monoisotopic (exact) mass is 546 g/mol. The SMILES string of the molecule is CNC(=O)CCN(C=O)c1cncc2c1ccn2C1CCN(C(C)C2CCN(c3ccc(C=O)nn3)CC2)CC1. The van der Waals surface area contributed by atoms with Gasteiger partial charge in [-0.25, -0.2) is 0 Å². The van der Waals surface area contributed by atoms with Crippen LogP contribution in [0.5, 0.6) is 0 Å². The van der Waals surface area contributed by atoms with Gasteiger partial charge in [-0.2, -0.15) is 0 Å². The van der Waals surface area contributed by atoms with Gasteiger partial charge in [-0.1, -0.05) is 0 Å². The van der Waals surface area contributed by atoms with Crippen LogP contribution in [0.25, 0.3) is 10.9 Å². The van der Waals surface area contributed by atoms with E-state index in [-0.39, 0.29) is 12.3 Å². The highest BCUT2D eigenvalue weighted by Gasteiger charge is 2.31. The van der Waals surface area contributed by atoms with Crippen molar-refractivity contribution in [2.24, 2.45) is 5.92 Å². The van der Waals surface area contributed by atoms with Gasteiger partial charge in [0.1, 0.15) is 5.69 Å². The summed E-state index contributed by atoms with van der Waals surface area (Å²) in [6.07, 6.45) is 11.8. The first-order valence-corrected chi connectivity index (χ1v) is 14.2. The topological polar surface area (TPSA) is 117 Å². The van der Waals surface area contributed by atoms with Crippen LogP contribution in [-0.2, 0) is 9.59 Å². The zero-order valence-electron chi connectivity index (χ0n) is 23.3. The Morgan fingerprint density at radius 2 is 1.85 bits per heavy atom. The molecule has 1 N–H and O–H groups in total. The number of carbonyl (C=O) groups is 3. The van der Waals surface area contributed by atoms with Gasteiger partial charge in [-0.05, 0) is 56.7 Å². The standard InChI is InChI=1S/C29H38N8O3/c1-21(22-5-11-35(12-6-22)28-4-3-23(19-38)32-33-28)34-13-7-24(8-14-34)37-16-9-25-26(17-31-18-27(25)37)36(20-39)15-10-29(40)30-2/h3-4,9,16-22,24H,5-8,10-15H2,1-2H3,(H,30,40). The van der Waals surface area contributed by atoms with Crippen molar-refractivity contribution >= 4 is 41.0 Å². The fraction of sp³-hybridized carbons (Fsp3) is 0.517. The Kier molecular flexibility index (Phi) is 8.69. The molecule has 5 heterocycles. The van der Waals surface area contributed by atoms with E-state index in [1.807, 2.05) is 12.3 Å². The summed E-state index contributed by atoms with van der Waals surface area (Å²) in [5.41, 5.74) is 2.12. The number of carbonyl (C=O) groups excluding carboxylic acids is 3. The van der Waals surface area contributed by atoms with Gasteiger partial charge in [0.25, 0.3) is 0 Å². The molecule has 2 aliphatic heterocycles. The summed E-state index contributed by atoms with van der Waals surface area (Å²) in [6.45, 7) is 6.67. The van der Waals surface area contributed by atoms with Crippen LogP contribution in [0.2, 0.25) is 0 Å². The number of rotatable bonds is 10. The van der Waals surface area contributed by atoms with Gasteiger partial charge in [-0.15, -0.1) is 10.2 Å². The number of piperidine rings is 2. The molecule has 5 rings (SSSR count). The number of nitrogens with one attached hydrogen (secondary N) is 1. The zero-order valence-corrected chi connectivity index (χ0v) is 23.3. The fourth-order valence-electron chi connectivity index (χ4n) is 6.23. The third-order valence-corrected chi connectivity index (χ3v) is 8.73. The molecular formula is C29H38N8O3. The molecule has 3 aromatic rings. The highest BCUT2D eigenvalue weighted by atomic mass is 16.2. The lowest BCUT2D eigenvalue weighted by molar-refractivity contribution is -0.120. The summed E-state index contributed by atoms with van der Waals surface area (Å²) < 4.78 is 2.31. The maximum absolute atomic E-state index is 11.8. The molecule has 3 aromatic heterocycles. The minimum atomic E-state index is -0.101. The normalized spacial score (nSPS) is 18.0. The van der Waals surface area contributed by atoms with Crippen molar-refractivity contribution in [3.63, 3.8) is 0 Å². The first kappa shape index (κ1) is 27.7. The van der Waals surface area contributed by atoms with E-state index in [0.717, 1.165) is 87.0 Å². The number of nitrogens with zero attached hydrogens (tertiary/aromatic N) is 7. The van der Waals surface area contributed by atoms with Gasteiger partial charge in [0, 0.05) is 69.9 Å². The summed E-state index contributed by atoms with van der Waals surface area (Å²) >= 11 is 0. The van der Waals surface area contributed by atoms with E-state index in [9.17, 15) is 14.4 Å². The molecule has 2 fully saturated rings. The summed E-state index contributed by atoms with van der Waals surface area (Å²) in [6, 6.07) is 6.56. The number of likely N-dealkylation sites (tertiary alicyclic amines) is 1. The Bertz CT molecular complexity index is 1310. The molecule has 11 heteroatoms. The second kappa shape index (κ2) is 12.5. The van der Waals surface area contributed by atoms with Crippen molar-refractivity contribution in [3.8, 4) is 0 Å². The van der Waals surface area contributed by atoms with Crippen LogP contribution in [0.1, 0.15) is 55.6 Å². The largest absolute Gasteiger partial charge is 0.359 e. The number of amides is 2. The first-order chi connectivity index (χ1) is 19.5. The molecule has 0 spiro atoms. The predicted molar refractivity (Wildman–Crippen MR) is 153 cm³/mol. The predicted octanol–water partition coefficient (Wildman–Crippen LogP) is 2.68. The number of aromatic nitrogens is 4. The second-order valence-corrected chi connectivity index (χ2v) is 10.8. The minimum absolute atomic E-state index is 0.101. The van der Waals surface area contributed by atoms with Crippen LogP contribution in [0.3, 0.4) is 0 Å². The fourth-order valence-corrected chi connectivity index (χ4v) is 6.23. The third-order valence-electron chi connectivity index (χ3n) is 8.73. The van der Waals surface area contributed by atoms with Crippen molar-refractivity contribution in [1.29, 1.82) is 0 Å². The van der Waals surface area contributed by atoms with Crippen LogP contribution in [0, 0.1) is 5.92 Å². The smallest absolute Gasteiger partial charge is 0.221 e. The number of fused-ring (bicyclic) bond motifs is 1. The van der Waals surface area contributed by atoms with Crippen molar-refractivity contribution in [2.45, 2.75) is 51.1 Å². The number of aldehydes is 1. The quantitative estimate of drug-likeness (QED) is 0.386. The molecule has 212 valence electrons. The molecule has 1 atom stereocenters. The average molecular weight is 547 g/mol. The van der Waals surface area contributed by atoms with Crippen molar-refractivity contribution in [3.05, 3.63) is 42.5 Å². The molecule has 40 heavy (non-hydrogen) atoms. The molecule has 0 bridgehead atoms. The lowest BCUT2D eigenvalue weighted by Gasteiger charge is -2.43. The van der Waals surface area contributed by atoms with Crippen molar-refractivity contribution in [1.82, 2.24) is 30.0 Å². The van der Waals surface area contributed by atoms with Gasteiger partial charge in [0.05, 0.1) is 23.6 Å². The molecule has 0 radical (unpaired) electrons. The van der Waals surface area contributed by atoms with Gasteiger partial charge in [0.2, 0.25) is 12.3 Å². The van der Waals surface area contributed by atoms with Crippen LogP contribution in [0.15, 0.2) is 36.8 Å². The highest BCUT2D eigenvalue weighted by molar-refractivity contribution is 5.97. The molecule has 0 aliphatic carbocycles. The molecule has 1 unspecified atom stereocenters.